The lowest BCUT2D eigenvalue weighted by atomic mass is 10.0. The minimum Gasteiger partial charge on any atom is -0.496 e. The largest absolute Gasteiger partial charge is 0.496 e. The van der Waals surface area contributed by atoms with Crippen molar-refractivity contribution in [1.29, 1.82) is 0 Å². The molecule has 0 saturated heterocycles. The van der Waals surface area contributed by atoms with Gasteiger partial charge in [0, 0.05) is 15.1 Å². The van der Waals surface area contributed by atoms with E-state index in [-0.39, 0.29) is 6.04 Å². The Morgan fingerprint density at radius 1 is 1.29 bits per heavy atom. The molecule has 21 heavy (non-hydrogen) atoms. The Morgan fingerprint density at radius 2 is 2.05 bits per heavy atom. The summed E-state index contributed by atoms with van der Waals surface area (Å²) in [6.07, 6.45) is 2.65. The molecule has 0 radical (unpaired) electrons. The highest BCUT2D eigenvalue weighted by Gasteiger charge is 2.17. The van der Waals surface area contributed by atoms with Crippen molar-refractivity contribution in [2.75, 3.05) is 13.7 Å². The zero-order valence-corrected chi connectivity index (χ0v) is 15.2. The Balaban J connectivity index is 2.30. The monoisotopic (exact) mass is 412 g/mol. The van der Waals surface area contributed by atoms with Gasteiger partial charge in [-0.05, 0) is 62.5 Å². The minimum atomic E-state index is 0.133. The van der Waals surface area contributed by atoms with Crippen LogP contribution in [-0.4, -0.2) is 18.6 Å². The fraction of sp³-hybridized carbons (Fsp3) is 0.312. The first-order valence-electron chi connectivity index (χ1n) is 6.82. The molecule has 1 unspecified atom stereocenters. The number of nitrogens with one attached hydrogen (secondary N) is 1. The van der Waals surface area contributed by atoms with Gasteiger partial charge in [-0.3, -0.25) is 4.98 Å². The molecule has 1 heterocycles. The molecule has 0 saturated carbocycles. The molecule has 0 bridgehead atoms. The molecule has 0 aliphatic rings. The normalized spacial score (nSPS) is 12.2. The van der Waals surface area contributed by atoms with Crippen molar-refractivity contribution in [3.63, 3.8) is 0 Å². The van der Waals surface area contributed by atoms with Crippen LogP contribution in [0.1, 0.15) is 24.2 Å². The Hall–Kier alpha value is -0.910. The van der Waals surface area contributed by atoms with Crippen molar-refractivity contribution < 1.29 is 4.74 Å². The molecule has 1 aromatic heterocycles. The smallest absolute Gasteiger partial charge is 0.122 e. The Morgan fingerprint density at radius 3 is 2.71 bits per heavy atom. The average molecular weight is 414 g/mol. The number of likely N-dealkylation sites (N-methyl/N-ethyl adjacent to an activating group) is 1. The van der Waals surface area contributed by atoms with Gasteiger partial charge in [-0.2, -0.15) is 0 Å². The Kier molecular flexibility index (Phi) is 6.21. The fourth-order valence-corrected chi connectivity index (χ4v) is 3.55. The van der Waals surface area contributed by atoms with Gasteiger partial charge in [-0.1, -0.05) is 25.1 Å². The molecule has 0 aliphatic carbocycles. The molecule has 0 spiro atoms. The summed E-state index contributed by atoms with van der Waals surface area (Å²) < 4.78 is 7.40. The summed E-state index contributed by atoms with van der Waals surface area (Å²) in [5.74, 6) is 0.911. The molecular formula is C16H18Br2N2O. The predicted octanol–water partition coefficient (Wildman–Crippen LogP) is 4.51. The van der Waals surface area contributed by atoms with Crippen LogP contribution in [0.4, 0.5) is 0 Å². The first-order valence-corrected chi connectivity index (χ1v) is 8.40. The number of nitrogens with zero attached hydrogens (tertiary/aromatic N) is 1. The quantitative estimate of drug-likeness (QED) is 0.756. The summed E-state index contributed by atoms with van der Waals surface area (Å²) in [7, 11) is 1.70. The molecule has 1 N–H and O–H groups in total. The number of ether oxygens (including phenoxy) is 1. The van der Waals surface area contributed by atoms with Crippen LogP contribution in [0.5, 0.6) is 5.75 Å². The van der Waals surface area contributed by atoms with Gasteiger partial charge in [-0.25, -0.2) is 0 Å². The maximum atomic E-state index is 5.44. The van der Waals surface area contributed by atoms with Crippen LogP contribution in [0.15, 0.2) is 45.5 Å². The highest BCUT2D eigenvalue weighted by Crippen LogP contribution is 2.29. The van der Waals surface area contributed by atoms with Crippen LogP contribution in [0.25, 0.3) is 0 Å². The van der Waals surface area contributed by atoms with E-state index in [2.05, 4.69) is 55.2 Å². The lowest BCUT2D eigenvalue weighted by Gasteiger charge is -2.20. The number of pyridine rings is 1. The van der Waals surface area contributed by atoms with E-state index >= 15 is 0 Å². The number of aromatic nitrogens is 1. The van der Waals surface area contributed by atoms with Crippen LogP contribution in [-0.2, 0) is 6.42 Å². The summed E-state index contributed by atoms with van der Waals surface area (Å²) in [5.41, 5.74) is 2.17. The molecule has 112 valence electrons. The lowest BCUT2D eigenvalue weighted by Crippen LogP contribution is -2.24. The molecule has 0 fully saturated rings. The van der Waals surface area contributed by atoms with Gasteiger partial charge in [0.05, 0.1) is 18.8 Å². The van der Waals surface area contributed by atoms with Crippen molar-refractivity contribution in [2.24, 2.45) is 0 Å². The van der Waals surface area contributed by atoms with E-state index in [4.69, 9.17) is 4.74 Å². The molecule has 1 atom stereocenters. The second-order valence-electron chi connectivity index (χ2n) is 4.65. The third-order valence-electron chi connectivity index (χ3n) is 3.23. The van der Waals surface area contributed by atoms with Gasteiger partial charge in [0.1, 0.15) is 5.75 Å². The number of methoxy groups -OCH3 is 1. The van der Waals surface area contributed by atoms with Gasteiger partial charge in [0.15, 0.2) is 0 Å². The molecule has 2 rings (SSSR count). The van der Waals surface area contributed by atoms with Crippen LogP contribution in [0.2, 0.25) is 0 Å². The molecular weight excluding hydrogens is 396 g/mol. The highest BCUT2D eigenvalue weighted by molar-refractivity contribution is 9.11. The first-order chi connectivity index (χ1) is 10.2. The molecule has 2 aromatic rings. The summed E-state index contributed by atoms with van der Waals surface area (Å²) in [6.45, 7) is 2.98. The third kappa shape index (κ3) is 4.28. The van der Waals surface area contributed by atoms with Crippen LogP contribution in [0.3, 0.4) is 0 Å². The molecule has 0 aliphatic heterocycles. The molecule has 3 nitrogen and oxygen atoms in total. The first kappa shape index (κ1) is 16.5. The van der Waals surface area contributed by atoms with E-state index in [1.165, 1.54) is 5.56 Å². The van der Waals surface area contributed by atoms with E-state index in [9.17, 15) is 0 Å². The van der Waals surface area contributed by atoms with E-state index < -0.39 is 0 Å². The van der Waals surface area contributed by atoms with Gasteiger partial charge in [-0.15, -0.1) is 0 Å². The van der Waals surface area contributed by atoms with Crippen molar-refractivity contribution in [3.05, 3.63) is 56.7 Å². The summed E-state index contributed by atoms with van der Waals surface area (Å²) in [5, 5.41) is 3.50. The standard InChI is InChI=1S/C16H18Br2N2O/c1-3-19-14(16-13(18)9-12(17)10-20-16)8-11-6-4-5-7-15(11)21-2/h4-7,9-10,14,19H,3,8H2,1-2H3. The fourth-order valence-electron chi connectivity index (χ4n) is 2.28. The van der Waals surface area contributed by atoms with Crippen LogP contribution < -0.4 is 10.1 Å². The van der Waals surface area contributed by atoms with Gasteiger partial charge >= 0.3 is 0 Å². The van der Waals surface area contributed by atoms with Crippen molar-refractivity contribution >= 4 is 31.9 Å². The minimum absolute atomic E-state index is 0.133. The number of rotatable bonds is 6. The summed E-state index contributed by atoms with van der Waals surface area (Å²) in [6, 6.07) is 10.3. The van der Waals surface area contributed by atoms with Crippen LogP contribution >= 0.6 is 31.9 Å². The van der Waals surface area contributed by atoms with E-state index in [0.717, 1.165) is 33.4 Å². The number of halogens is 2. The Bertz CT molecular complexity index is 605. The van der Waals surface area contributed by atoms with E-state index in [1.54, 1.807) is 7.11 Å². The Labute approximate surface area is 142 Å². The van der Waals surface area contributed by atoms with Crippen molar-refractivity contribution in [1.82, 2.24) is 10.3 Å². The number of hydrogen-bond acceptors (Lipinski definition) is 3. The van der Waals surface area contributed by atoms with E-state index in [0.29, 0.717) is 0 Å². The summed E-state index contributed by atoms with van der Waals surface area (Å²) >= 11 is 7.04. The predicted molar refractivity (Wildman–Crippen MR) is 92.8 cm³/mol. The lowest BCUT2D eigenvalue weighted by molar-refractivity contribution is 0.405. The number of hydrogen-bond donors (Lipinski definition) is 1. The number of benzene rings is 1. The van der Waals surface area contributed by atoms with Crippen molar-refractivity contribution in [2.45, 2.75) is 19.4 Å². The molecule has 1 aromatic carbocycles. The topological polar surface area (TPSA) is 34.1 Å². The number of para-hydroxylation sites is 1. The van der Waals surface area contributed by atoms with Crippen molar-refractivity contribution in [3.8, 4) is 5.75 Å². The van der Waals surface area contributed by atoms with Gasteiger partial charge in [0.2, 0.25) is 0 Å². The third-order valence-corrected chi connectivity index (χ3v) is 4.30. The average Bonchev–Trinajstić information content (AvgIpc) is 2.47. The molecule has 0 amide bonds. The maximum absolute atomic E-state index is 5.44. The zero-order chi connectivity index (χ0) is 15.2. The summed E-state index contributed by atoms with van der Waals surface area (Å²) in [4.78, 5) is 4.55. The van der Waals surface area contributed by atoms with Crippen LogP contribution in [0, 0.1) is 0 Å². The zero-order valence-electron chi connectivity index (χ0n) is 12.1. The second-order valence-corrected chi connectivity index (χ2v) is 6.42. The highest BCUT2D eigenvalue weighted by atomic mass is 79.9. The molecule has 5 heteroatoms. The van der Waals surface area contributed by atoms with E-state index in [1.807, 2.05) is 30.5 Å². The SMILES string of the molecule is CCNC(Cc1ccccc1OC)c1ncc(Br)cc1Br. The van der Waals surface area contributed by atoms with Gasteiger partial charge in [0.25, 0.3) is 0 Å². The second kappa shape index (κ2) is 7.92. The van der Waals surface area contributed by atoms with Gasteiger partial charge < -0.3 is 10.1 Å². The maximum Gasteiger partial charge on any atom is 0.122 e.